The molecule has 3 rings (SSSR count). The summed E-state index contributed by atoms with van der Waals surface area (Å²) in [5.74, 6) is 1.46. The van der Waals surface area contributed by atoms with Crippen LogP contribution in [-0.2, 0) is 6.42 Å². The number of hydrogen-bond acceptors (Lipinski definition) is 4. The summed E-state index contributed by atoms with van der Waals surface area (Å²) in [6, 6.07) is 7.07. The van der Waals surface area contributed by atoms with Crippen molar-refractivity contribution in [3.8, 4) is 0 Å². The van der Waals surface area contributed by atoms with Crippen LogP contribution in [0.1, 0.15) is 29.9 Å². The van der Waals surface area contributed by atoms with Gasteiger partial charge in [-0.3, -0.25) is 4.99 Å². The van der Waals surface area contributed by atoms with Gasteiger partial charge in [0.15, 0.2) is 5.96 Å². The molecule has 1 unspecified atom stereocenters. The van der Waals surface area contributed by atoms with E-state index in [1.165, 1.54) is 6.07 Å². The number of nitrogens with one attached hydrogen (secondary N) is 2. The van der Waals surface area contributed by atoms with Gasteiger partial charge in [0.05, 0.1) is 5.69 Å². The van der Waals surface area contributed by atoms with Crippen LogP contribution in [0.2, 0.25) is 0 Å². The number of guanidine groups is 1. The van der Waals surface area contributed by atoms with Crippen molar-refractivity contribution >= 4 is 35.6 Å². The SMILES string of the molecule is CN=C(NCCc1c(C)noc1C)NC1CCCN(c2cccc(F)c2)C1.I. The summed E-state index contributed by atoms with van der Waals surface area (Å²) >= 11 is 0. The van der Waals surface area contributed by atoms with Gasteiger partial charge in [0.1, 0.15) is 11.6 Å². The Balaban J connectivity index is 0.00000280. The van der Waals surface area contributed by atoms with Crippen LogP contribution in [0.25, 0.3) is 0 Å². The van der Waals surface area contributed by atoms with Crippen LogP contribution in [0.4, 0.5) is 10.1 Å². The summed E-state index contributed by atoms with van der Waals surface area (Å²) < 4.78 is 18.7. The summed E-state index contributed by atoms with van der Waals surface area (Å²) in [4.78, 5) is 6.56. The maximum absolute atomic E-state index is 13.5. The number of aryl methyl sites for hydroxylation is 2. The maximum Gasteiger partial charge on any atom is 0.191 e. The van der Waals surface area contributed by atoms with Gasteiger partial charge in [0, 0.05) is 44.0 Å². The Bertz CT molecular complexity index is 775. The van der Waals surface area contributed by atoms with Crippen molar-refractivity contribution in [1.29, 1.82) is 0 Å². The number of aliphatic imine (C=N–C) groups is 1. The molecule has 2 N–H and O–H groups in total. The molecule has 154 valence electrons. The Morgan fingerprint density at radius 1 is 1.39 bits per heavy atom. The van der Waals surface area contributed by atoms with Gasteiger partial charge in [0.2, 0.25) is 0 Å². The molecular weight excluding hydrogens is 472 g/mol. The van der Waals surface area contributed by atoms with Crippen molar-refractivity contribution in [2.24, 2.45) is 4.99 Å². The monoisotopic (exact) mass is 501 g/mol. The minimum atomic E-state index is -0.195. The third kappa shape index (κ3) is 5.83. The number of hydrogen-bond donors (Lipinski definition) is 2. The average molecular weight is 501 g/mol. The van der Waals surface area contributed by atoms with Crippen LogP contribution in [0, 0.1) is 19.7 Å². The molecule has 0 radical (unpaired) electrons. The van der Waals surface area contributed by atoms with E-state index in [-0.39, 0.29) is 35.8 Å². The number of aromatic nitrogens is 1. The van der Waals surface area contributed by atoms with Crippen LogP contribution < -0.4 is 15.5 Å². The van der Waals surface area contributed by atoms with Crippen LogP contribution in [0.15, 0.2) is 33.8 Å². The molecule has 0 saturated carbocycles. The highest BCUT2D eigenvalue weighted by molar-refractivity contribution is 14.0. The molecule has 0 spiro atoms. The lowest BCUT2D eigenvalue weighted by Crippen LogP contribution is -2.51. The average Bonchev–Trinajstić information content (AvgIpc) is 2.99. The number of benzene rings is 1. The molecule has 28 heavy (non-hydrogen) atoms. The first-order chi connectivity index (χ1) is 13.1. The van der Waals surface area contributed by atoms with Gasteiger partial charge in [-0.05, 0) is 51.3 Å². The van der Waals surface area contributed by atoms with Gasteiger partial charge >= 0.3 is 0 Å². The first-order valence-corrected chi connectivity index (χ1v) is 9.46. The summed E-state index contributed by atoms with van der Waals surface area (Å²) in [7, 11) is 1.78. The van der Waals surface area contributed by atoms with Crippen molar-refractivity contribution in [2.45, 2.75) is 39.2 Å². The quantitative estimate of drug-likeness (QED) is 0.374. The van der Waals surface area contributed by atoms with Crippen LogP contribution >= 0.6 is 24.0 Å². The van der Waals surface area contributed by atoms with Gasteiger partial charge in [-0.2, -0.15) is 0 Å². The lowest BCUT2D eigenvalue weighted by Gasteiger charge is -2.35. The molecule has 1 aromatic heterocycles. The van der Waals surface area contributed by atoms with E-state index < -0.39 is 0 Å². The first-order valence-electron chi connectivity index (χ1n) is 9.46. The predicted octanol–water partition coefficient (Wildman–Crippen LogP) is 3.43. The van der Waals surface area contributed by atoms with E-state index in [0.717, 1.165) is 67.6 Å². The number of rotatable bonds is 5. The van der Waals surface area contributed by atoms with E-state index in [2.05, 4.69) is 25.7 Å². The van der Waals surface area contributed by atoms with Crippen molar-refractivity contribution in [3.63, 3.8) is 0 Å². The number of piperidine rings is 1. The zero-order chi connectivity index (χ0) is 19.2. The van der Waals surface area contributed by atoms with E-state index in [4.69, 9.17) is 4.52 Å². The molecule has 1 fully saturated rings. The summed E-state index contributed by atoms with van der Waals surface area (Å²) in [5.41, 5.74) is 3.02. The number of anilines is 1. The van der Waals surface area contributed by atoms with Crippen LogP contribution in [-0.4, -0.2) is 43.8 Å². The largest absolute Gasteiger partial charge is 0.369 e. The Hall–Kier alpha value is -1.84. The molecule has 0 amide bonds. The second-order valence-electron chi connectivity index (χ2n) is 6.96. The van der Waals surface area contributed by atoms with E-state index >= 15 is 0 Å². The molecule has 1 aliphatic heterocycles. The fourth-order valence-electron chi connectivity index (χ4n) is 3.55. The minimum absolute atomic E-state index is 0. The lowest BCUT2D eigenvalue weighted by molar-refractivity contribution is 0.392. The zero-order valence-corrected chi connectivity index (χ0v) is 19.0. The molecule has 2 heterocycles. The maximum atomic E-state index is 13.5. The highest BCUT2D eigenvalue weighted by Crippen LogP contribution is 2.20. The molecule has 8 heteroatoms. The molecule has 0 bridgehead atoms. The topological polar surface area (TPSA) is 65.7 Å². The normalized spacial score (nSPS) is 17.2. The van der Waals surface area contributed by atoms with Crippen LogP contribution in [0.3, 0.4) is 0 Å². The van der Waals surface area contributed by atoms with Gasteiger partial charge in [-0.25, -0.2) is 4.39 Å². The summed E-state index contributed by atoms with van der Waals surface area (Å²) in [6.07, 6.45) is 2.96. The Morgan fingerprint density at radius 3 is 2.89 bits per heavy atom. The van der Waals surface area contributed by atoms with Crippen molar-refractivity contribution in [2.75, 3.05) is 31.6 Å². The highest BCUT2D eigenvalue weighted by Gasteiger charge is 2.21. The van der Waals surface area contributed by atoms with Crippen LogP contribution in [0.5, 0.6) is 0 Å². The minimum Gasteiger partial charge on any atom is -0.369 e. The number of nitrogens with zero attached hydrogens (tertiary/aromatic N) is 3. The van der Waals surface area contributed by atoms with Crippen molar-refractivity contribution in [1.82, 2.24) is 15.8 Å². The van der Waals surface area contributed by atoms with Gasteiger partial charge in [0.25, 0.3) is 0 Å². The summed E-state index contributed by atoms with van der Waals surface area (Å²) in [5, 5.41) is 10.8. The molecule has 0 aliphatic carbocycles. The summed E-state index contributed by atoms with van der Waals surface area (Å²) in [6.45, 7) is 6.42. The molecule has 1 saturated heterocycles. The standard InChI is InChI=1S/C20H28FN5O.HI/c1-14-19(15(2)27-25-14)9-10-23-20(22-3)24-17-7-5-11-26(13-17)18-8-4-6-16(21)12-18;/h4,6,8,12,17H,5,7,9-11,13H2,1-3H3,(H2,22,23,24);1H. The molecule has 2 aromatic rings. The van der Waals surface area contributed by atoms with Gasteiger partial charge in [-0.1, -0.05) is 11.2 Å². The Labute approximate surface area is 183 Å². The van der Waals surface area contributed by atoms with E-state index in [0.29, 0.717) is 0 Å². The molecule has 1 aliphatic rings. The fraction of sp³-hybridized carbons (Fsp3) is 0.500. The predicted molar refractivity (Wildman–Crippen MR) is 121 cm³/mol. The van der Waals surface area contributed by atoms with Crippen molar-refractivity contribution < 1.29 is 8.91 Å². The van der Waals surface area contributed by atoms with E-state index in [1.807, 2.05) is 19.9 Å². The van der Waals surface area contributed by atoms with E-state index in [9.17, 15) is 4.39 Å². The Morgan fingerprint density at radius 2 is 2.21 bits per heavy atom. The van der Waals surface area contributed by atoms with Crippen molar-refractivity contribution in [3.05, 3.63) is 47.1 Å². The molecule has 6 nitrogen and oxygen atoms in total. The second-order valence-corrected chi connectivity index (χ2v) is 6.96. The second kappa shape index (κ2) is 10.6. The first kappa shape index (κ1) is 22.4. The van der Waals surface area contributed by atoms with E-state index in [1.54, 1.807) is 19.2 Å². The molecule has 1 aromatic carbocycles. The van der Waals surface area contributed by atoms with Gasteiger partial charge < -0.3 is 20.1 Å². The number of halogens is 2. The molecular formula is C20H29FIN5O. The smallest absolute Gasteiger partial charge is 0.191 e. The molecule has 1 atom stereocenters. The third-order valence-electron chi connectivity index (χ3n) is 5.01. The Kier molecular flexibility index (Phi) is 8.53. The lowest BCUT2D eigenvalue weighted by atomic mass is 10.0. The highest BCUT2D eigenvalue weighted by atomic mass is 127. The zero-order valence-electron chi connectivity index (χ0n) is 16.7. The third-order valence-corrected chi connectivity index (χ3v) is 5.01. The fourth-order valence-corrected chi connectivity index (χ4v) is 3.55. The van der Waals surface area contributed by atoms with Gasteiger partial charge in [-0.15, -0.1) is 24.0 Å².